The molecule has 1 fully saturated rings. The van der Waals surface area contributed by atoms with Gasteiger partial charge in [0, 0.05) is 18.1 Å². The number of alkyl halides is 2. The largest absolute Gasteiger partial charge is 0.348 e. The Balaban J connectivity index is 0.00000264. The molecular formula is C14H18ClF2N3O3. The maximum Gasteiger partial charge on any atom is 0.272 e. The third-order valence-electron chi connectivity index (χ3n) is 3.72. The second kappa shape index (κ2) is 7.18. The number of hydrogen-bond acceptors (Lipinski definition) is 4. The molecule has 9 heteroatoms. The van der Waals surface area contributed by atoms with Crippen molar-refractivity contribution >= 4 is 24.0 Å². The third kappa shape index (κ3) is 4.59. The zero-order valence-electron chi connectivity index (χ0n) is 12.6. The fourth-order valence-electron chi connectivity index (χ4n) is 2.39. The van der Waals surface area contributed by atoms with Crippen molar-refractivity contribution in [3.8, 4) is 0 Å². The van der Waals surface area contributed by atoms with Gasteiger partial charge in [0.2, 0.25) is 5.91 Å². The van der Waals surface area contributed by atoms with Crippen molar-refractivity contribution in [1.82, 2.24) is 10.6 Å². The maximum absolute atomic E-state index is 13.1. The number of amides is 1. The smallest absolute Gasteiger partial charge is 0.272 e. The van der Waals surface area contributed by atoms with Crippen molar-refractivity contribution in [1.29, 1.82) is 0 Å². The van der Waals surface area contributed by atoms with Gasteiger partial charge in [-0.3, -0.25) is 20.2 Å². The summed E-state index contributed by atoms with van der Waals surface area (Å²) in [7, 11) is 0. The first-order valence-corrected chi connectivity index (χ1v) is 6.86. The molecule has 1 aliphatic heterocycles. The second-order valence-corrected chi connectivity index (χ2v) is 5.53. The maximum atomic E-state index is 13.1. The van der Waals surface area contributed by atoms with Gasteiger partial charge in [-0.2, -0.15) is 0 Å². The molecule has 2 atom stereocenters. The van der Waals surface area contributed by atoms with Gasteiger partial charge in [-0.15, -0.1) is 12.4 Å². The normalized spacial score (nSPS) is 20.4. The van der Waals surface area contributed by atoms with Gasteiger partial charge in [0.15, 0.2) is 0 Å². The minimum absolute atomic E-state index is 0. The summed E-state index contributed by atoms with van der Waals surface area (Å²) >= 11 is 0. The Bertz CT molecular complexity index is 613. The van der Waals surface area contributed by atoms with Crippen LogP contribution in [-0.4, -0.2) is 29.3 Å². The Labute approximate surface area is 138 Å². The summed E-state index contributed by atoms with van der Waals surface area (Å²) in [5, 5.41) is 16.0. The van der Waals surface area contributed by atoms with Crippen molar-refractivity contribution in [2.45, 2.75) is 38.3 Å². The fourth-order valence-corrected chi connectivity index (χ4v) is 2.39. The summed E-state index contributed by atoms with van der Waals surface area (Å²) in [5.74, 6) is -3.42. The highest BCUT2D eigenvalue weighted by Crippen LogP contribution is 2.26. The van der Waals surface area contributed by atoms with Gasteiger partial charge in [0.25, 0.3) is 11.6 Å². The summed E-state index contributed by atoms with van der Waals surface area (Å²) in [5.41, 5.74) is 1.03. The van der Waals surface area contributed by atoms with E-state index in [2.05, 4.69) is 10.6 Å². The molecule has 1 saturated heterocycles. The van der Waals surface area contributed by atoms with Crippen molar-refractivity contribution < 1.29 is 18.5 Å². The van der Waals surface area contributed by atoms with E-state index < -0.39 is 41.8 Å². The Hall–Kier alpha value is -1.80. The Morgan fingerprint density at radius 1 is 1.52 bits per heavy atom. The van der Waals surface area contributed by atoms with Gasteiger partial charge in [-0.1, -0.05) is 12.1 Å². The lowest BCUT2D eigenvalue weighted by Crippen LogP contribution is -2.41. The van der Waals surface area contributed by atoms with Crippen LogP contribution in [0.5, 0.6) is 0 Å². The van der Waals surface area contributed by atoms with Gasteiger partial charge in [0.1, 0.15) is 0 Å². The number of carbonyl (C=O) groups excluding carboxylic acids is 1. The van der Waals surface area contributed by atoms with Gasteiger partial charge < -0.3 is 5.32 Å². The highest BCUT2D eigenvalue weighted by Gasteiger charge is 2.42. The van der Waals surface area contributed by atoms with Crippen LogP contribution in [0.4, 0.5) is 14.5 Å². The molecule has 0 spiro atoms. The number of nitrogens with zero attached hydrogens (tertiary/aromatic N) is 1. The molecule has 2 rings (SSSR count). The Morgan fingerprint density at radius 2 is 2.17 bits per heavy atom. The van der Waals surface area contributed by atoms with Crippen LogP contribution < -0.4 is 10.6 Å². The van der Waals surface area contributed by atoms with E-state index in [4.69, 9.17) is 0 Å². The van der Waals surface area contributed by atoms with Gasteiger partial charge in [-0.05, 0) is 19.4 Å². The number of benzene rings is 1. The standard InChI is InChI=1S/C14H17F2N3O3.ClH/c1-8-3-4-10(5-12(8)19(21)22)9(2)18-13(20)11-6-14(15,16)7-17-11;/h3-5,9,11,17H,6-7H2,1-2H3,(H,18,20);1H. The second-order valence-electron chi connectivity index (χ2n) is 5.53. The molecule has 6 nitrogen and oxygen atoms in total. The van der Waals surface area contributed by atoms with Crippen molar-refractivity contribution in [2.75, 3.05) is 6.54 Å². The van der Waals surface area contributed by atoms with Crippen LogP contribution in [0.1, 0.15) is 30.5 Å². The number of halogens is 3. The first kappa shape index (κ1) is 19.2. The van der Waals surface area contributed by atoms with E-state index >= 15 is 0 Å². The predicted octanol–water partition coefficient (Wildman–Crippen LogP) is 2.50. The Kier molecular flexibility index (Phi) is 6.01. The van der Waals surface area contributed by atoms with E-state index in [0.29, 0.717) is 11.1 Å². The number of aryl methyl sites for hydroxylation is 1. The topological polar surface area (TPSA) is 84.3 Å². The summed E-state index contributed by atoms with van der Waals surface area (Å²) in [6, 6.07) is 3.19. The van der Waals surface area contributed by atoms with Crippen LogP contribution in [0.25, 0.3) is 0 Å². The highest BCUT2D eigenvalue weighted by molar-refractivity contribution is 5.85. The molecule has 1 heterocycles. The molecule has 0 bridgehead atoms. The fraction of sp³-hybridized carbons (Fsp3) is 0.500. The molecule has 0 aromatic heterocycles. The molecule has 0 aliphatic carbocycles. The summed E-state index contributed by atoms with van der Waals surface area (Å²) < 4.78 is 26.2. The summed E-state index contributed by atoms with van der Waals surface area (Å²) in [6.07, 6.45) is -0.542. The lowest BCUT2D eigenvalue weighted by atomic mass is 10.0. The number of carbonyl (C=O) groups is 1. The van der Waals surface area contributed by atoms with Crippen molar-refractivity contribution in [3.05, 3.63) is 39.4 Å². The number of nitro groups is 1. The van der Waals surface area contributed by atoms with Crippen LogP contribution in [0.2, 0.25) is 0 Å². The summed E-state index contributed by atoms with van der Waals surface area (Å²) in [6.45, 7) is 2.75. The SMILES string of the molecule is Cc1ccc(C(C)NC(=O)C2CC(F)(F)CN2)cc1[N+](=O)[O-].Cl. The van der Waals surface area contributed by atoms with Gasteiger partial charge >= 0.3 is 0 Å². The third-order valence-corrected chi connectivity index (χ3v) is 3.72. The molecule has 128 valence electrons. The Morgan fingerprint density at radius 3 is 2.70 bits per heavy atom. The molecule has 0 radical (unpaired) electrons. The van der Waals surface area contributed by atoms with E-state index in [9.17, 15) is 23.7 Å². The molecule has 1 aromatic rings. The quantitative estimate of drug-likeness (QED) is 0.646. The van der Waals surface area contributed by atoms with E-state index in [0.717, 1.165) is 0 Å². The lowest BCUT2D eigenvalue weighted by Gasteiger charge is -2.17. The molecular weight excluding hydrogens is 332 g/mol. The lowest BCUT2D eigenvalue weighted by molar-refractivity contribution is -0.385. The average Bonchev–Trinajstić information content (AvgIpc) is 2.79. The van der Waals surface area contributed by atoms with Gasteiger partial charge in [0.05, 0.1) is 23.6 Å². The zero-order chi connectivity index (χ0) is 16.5. The van der Waals surface area contributed by atoms with Crippen molar-refractivity contribution in [3.63, 3.8) is 0 Å². The molecule has 23 heavy (non-hydrogen) atoms. The minimum Gasteiger partial charge on any atom is -0.348 e. The molecule has 2 unspecified atom stereocenters. The number of hydrogen-bond donors (Lipinski definition) is 2. The van der Waals surface area contributed by atoms with E-state index in [1.807, 2.05) is 0 Å². The first-order valence-electron chi connectivity index (χ1n) is 6.86. The average molecular weight is 350 g/mol. The minimum atomic E-state index is -2.88. The van der Waals surface area contributed by atoms with Gasteiger partial charge in [-0.25, -0.2) is 8.78 Å². The summed E-state index contributed by atoms with van der Waals surface area (Å²) in [4.78, 5) is 22.4. The highest BCUT2D eigenvalue weighted by atomic mass is 35.5. The van der Waals surface area contributed by atoms with Crippen LogP contribution in [0, 0.1) is 17.0 Å². The van der Waals surface area contributed by atoms with Crippen LogP contribution in [0.15, 0.2) is 18.2 Å². The number of nitro benzene ring substituents is 1. The molecule has 1 amide bonds. The molecule has 1 aromatic carbocycles. The predicted molar refractivity (Wildman–Crippen MR) is 83.0 cm³/mol. The monoisotopic (exact) mass is 349 g/mol. The molecule has 1 aliphatic rings. The number of rotatable bonds is 4. The number of nitrogens with one attached hydrogen (secondary N) is 2. The van der Waals surface area contributed by atoms with Crippen molar-refractivity contribution in [2.24, 2.45) is 0 Å². The van der Waals surface area contributed by atoms with E-state index in [-0.39, 0.29) is 18.1 Å². The zero-order valence-corrected chi connectivity index (χ0v) is 13.5. The van der Waals surface area contributed by atoms with Crippen LogP contribution in [0.3, 0.4) is 0 Å². The van der Waals surface area contributed by atoms with E-state index in [1.54, 1.807) is 26.0 Å². The van der Waals surface area contributed by atoms with Crippen LogP contribution in [-0.2, 0) is 4.79 Å². The van der Waals surface area contributed by atoms with E-state index in [1.165, 1.54) is 6.07 Å². The molecule has 2 N–H and O–H groups in total. The molecule has 0 saturated carbocycles. The van der Waals surface area contributed by atoms with Crippen LogP contribution >= 0.6 is 12.4 Å². The first-order chi connectivity index (χ1) is 10.2.